The quantitative estimate of drug-likeness (QED) is 0.316. The third-order valence-electron chi connectivity index (χ3n) is 4.73. The van der Waals surface area contributed by atoms with Gasteiger partial charge in [0.25, 0.3) is 0 Å². The zero-order valence-electron chi connectivity index (χ0n) is 17.1. The van der Waals surface area contributed by atoms with E-state index in [0.29, 0.717) is 22.1 Å². The molecule has 160 valence electrons. The van der Waals surface area contributed by atoms with Gasteiger partial charge in [0.05, 0.1) is 5.69 Å². The third-order valence-corrected chi connectivity index (χ3v) is 5.94. The van der Waals surface area contributed by atoms with Crippen molar-refractivity contribution in [2.75, 3.05) is 5.32 Å². The SMILES string of the molecule is CC(=O)c1cccc(NC(=O)C(Sc2nncn2-c2ccccc2F)c2ccccc2)c1. The summed E-state index contributed by atoms with van der Waals surface area (Å²) < 4.78 is 15.9. The minimum atomic E-state index is -0.688. The van der Waals surface area contributed by atoms with Crippen LogP contribution in [0.3, 0.4) is 0 Å². The van der Waals surface area contributed by atoms with Crippen LogP contribution in [0.15, 0.2) is 90.3 Å². The molecule has 1 atom stereocenters. The van der Waals surface area contributed by atoms with E-state index in [2.05, 4.69) is 15.5 Å². The van der Waals surface area contributed by atoms with E-state index in [1.807, 2.05) is 30.3 Å². The second-order valence-electron chi connectivity index (χ2n) is 6.97. The Morgan fingerprint density at radius 2 is 1.75 bits per heavy atom. The van der Waals surface area contributed by atoms with Gasteiger partial charge in [0.1, 0.15) is 17.4 Å². The Bertz CT molecular complexity index is 1260. The zero-order valence-corrected chi connectivity index (χ0v) is 17.9. The first-order valence-corrected chi connectivity index (χ1v) is 10.7. The fourth-order valence-electron chi connectivity index (χ4n) is 3.15. The predicted molar refractivity (Wildman–Crippen MR) is 121 cm³/mol. The molecule has 1 N–H and O–H groups in total. The van der Waals surface area contributed by atoms with Crippen LogP contribution < -0.4 is 5.32 Å². The molecule has 0 saturated carbocycles. The van der Waals surface area contributed by atoms with Crippen molar-refractivity contribution in [3.8, 4) is 5.69 Å². The average molecular weight is 447 g/mol. The minimum absolute atomic E-state index is 0.0897. The number of carbonyl (C=O) groups is 2. The Hall–Kier alpha value is -3.78. The molecule has 1 amide bonds. The molecule has 0 aliphatic rings. The number of carbonyl (C=O) groups excluding carboxylic acids is 2. The summed E-state index contributed by atoms with van der Waals surface area (Å²) in [6.45, 7) is 1.47. The summed E-state index contributed by atoms with van der Waals surface area (Å²) in [5.41, 5.74) is 2.06. The molecule has 4 aromatic rings. The van der Waals surface area contributed by atoms with Crippen molar-refractivity contribution in [1.82, 2.24) is 14.8 Å². The standard InChI is InChI=1S/C24H19FN4O2S/c1-16(30)18-10-7-11-19(14-18)27-23(31)22(17-8-3-2-4-9-17)32-24-28-26-15-29(24)21-13-6-5-12-20(21)25/h2-15,22H,1H3,(H,27,31). The Morgan fingerprint density at radius 1 is 1.00 bits per heavy atom. The van der Waals surface area contributed by atoms with Gasteiger partial charge in [-0.3, -0.25) is 14.2 Å². The molecule has 0 aliphatic heterocycles. The highest BCUT2D eigenvalue weighted by molar-refractivity contribution is 8.00. The number of rotatable bonds is 7. The van der Waals surface area contributed by atoms with Gasteiger partial charge >= 0.3 is 0 Å². The lowest BCUT2D eigenvalue weighted by Gasteiger charge is -2.17. The molecule has 0 saturated heterocycles. The van der Waals surface area contributed by atoms with Gasteiger partial charge in [0.15, 0.2) is 10.9 Å². The number of nitrogens with zero attached hydrogens (tertiary/aromatic N) is 3. The van der Waals surface area contributed by atoms with Gasteiger partial charge in [-0.2, -0.15) is 0 Å². The first-order valence-electron chi connectivity index (χ1n) is 9.81. The van der Waals surface area contributed by atoms with Crippen LogP contribution >= 0.6 is 11.8 Å². The molecule has 0 bridgehead atoms. The largest absolute Gasteiger partial charge is 0.325 e. The van der Waals surface area contributed by atoms with Crippen molar-refractivity contribution in [2.45, 2.75) is 17.3 Å². The van der Waals surface area contributed by atoms with Crippen molar-refractivity contribution < 1.29 is 14.0 Å². The normalized spacial score (nSPS) is 11.7. The fraction of sp³-hybridized carbons (Fsp3) is 0.0833. The molecular weight excluding hydrogens is 427 g/mol. The lowest BCUT2D eigenvalue weighted by atomic mass is 10.1. The fourth-order valence-corrected chi connectivity index (χ4v) is 4.17. The molecule has 0 spiro atoms. The molecule has 0 radical (unpaired) electrons. The van der Waals surface area contributed by atoms with Crippen LogP contribution in [-0.4, -0.2) is 26.5 Å². The molecule has 1 heterocycles. The molecule has 32 heavy (non-hydrogen) atoms. The van der Waals surface area contributed by atoms with Crippen molar-refractivity contribution in [2.24, 2.45) is 0 Å². The van der Waals surface area contributed by atoms with Gasteiger partial charge in [0.2, 0.25) is 5.91 Å². The Labute approximate surface area is 188 Å². The molecular formula is C24H19FN4O2S. The van der Waals surface area contributed by atoms with Gasteiger partial charge in [-0.05, 0) is 36.8 Å². The van der Waals surface area contributed by atoms with E-state index in [-0.39, 0.29) is 11.7 Å². The maximum absolute atomic E-state index is 14.3. The number of Topliss-reactive ketones (excluding diaryl/α,β-unsaturated/α-hetero) is 1. The Kier molecular flexibility index (Phi) is 6.42. The highest BCUT2D eigenvalue weighted by Gasteiger charge is 2.25. The van der Waals surface area contributed by atoms with Gasteiger partial charge in [-0.25, -0.2) is 4.39 Å². The minimum Gasteiger partial charge on any atom is -0.325 e. The maximum Gasteiger partial charge on any atom is 0.242 e. The molecule has 0 fully saturated rings. The summed E-state index contributed by atoms with van der Waals surface area (Å²) in [5, 5.41) is 10.6. The Balaban J connectivity index is 1.66. The Morgan fingerprint density at radius 3 is 2.50 bits per heavy atom. The number of para-hydroxylation sites is 1. The summed E-state index contributed by atoms with van der Waals surface area (Å²) in [7, 11) is 0. The number of hydrogen-bond acceptors (Lipinski definition) is 5. The average Bonchev–Trinajstić information content (AvgIpc) is 3.26. The van der Waals surface area contributed by atoms with Crippen molar-refractivity contribution in [3.63, 3.8) is 0 Å². The lowest BCUT2D eigenvalue weighted by Crippen LogP contribution is -2.19. The van der Waals surface area contributed by atoms with Crippen molar-refractivity contribution in [1.29, 1.82) is 0 Å². The van der Waals surface area contributed by atoms with Crippen LogP contribution in [0.4, 0.5) is 10.1 Å². The summed E-state index contributed by atoms with van der Waals surface area (Å²) in [5.74, 6) is -0.811. The second-order valence-corrected chi connectivity index (χ2v) is 8.04. The third kappa shape index (κ3) is 4.76. The highest BCUT2D eigenvalue weighted by atomic mass is 32.2. The highest BCUT2D eigenvalue weighted by Crippen LogP contribution is 2.36. The molecule has 1 aromatic heterocycles. The van der Waals surface area contributed by atoms with Gasteiger partial charge in [0, 0.05) is 11.3 Å². The van der Waals surface area contributed by atoms with Crippen LogP contribution in [0.2, 0.25) is 0 Å². The first-order chi connectivity index (χ1) is 15.5. The summed E-state index contributed by atoms with van der Waals surface area (Å²) in [6.07, 6.45) is 1.41. The maximum atomic E-state index is 14.3. The monoisotopic (exact) mass is 446 g/mol. The summed E-state index contributed by atoms with van der Waals surface area (Å²) in [4.78, 5) is 25.0. The smallest absolute Gasteiger partial charge is 0.242 e. The number of halogens is 1. The molecule has 6 nitrogen and oxygen atoms in total. The number of ketones is 1. The number of thioether (sulfide) groups is 1. The number of benzene rings is 3. The van der Waals surface area contributed by atoms with E-state index in [0.717, 1.165) is 17.3 Å². The zero-order chi connectivity index (χ0) is 22.5. The van der Waals surface area contributed by atoms with Gasteiger partial charge in [-0.1, -0.05) is 66.4 Å². The molecule has 0 aliphatic carbocycles. The van der Waals surface area contributed by atoms with E-state index in [1.165, 1.54) is 23.9 Å². The second kappa shape index (κ2) is 9.57. The van der Waals surface area contributed by atoms with E-state index in [1.54, 1.807) is 42.5 Å². The first kappa shape index (κ1) is 21.5. The van der Waals surface area contributed by atoms with E-state index < -0.39 is 11.1 Å². The summed E-state index contributed by atoms with van der Waals surface area (Å²) in [6, 6.07) is 22.3. The number of anilines is 1. The number of amides is 1. The van der Waals surface area contributed by atoms with Gasteiger partial charge < -0.3 is 5.32 Å². The molecule has 3 aromatic carbocycles. The van der Waals surface area contributed by atoms with Crippen LogP contribution in [0.1, 0.15) is 28.1 Å². The van der Waals surface area contributed by atoms with Crippen LogP contribution in [0, 0.1) is 5.82 Å². The number of aromatic nitrogens is 3. The number of hydrogen-bond donors (Lipinski definition) is 1. The predicted octanol–water partition coefficient (Wildman–Crippen LogP) is 5.08. The lowest BCUT2D eigenvalue weighted by molar-refractivity contribution is -0.115. The summed E-state index contributed by atoms with van der Waals surface area (Å²) >= 11 is 1.16. The van der Waals surface area contributed by atoms with Crippen LogP contribution in [-0.2, 0) is 4.79 Å². The van der Waals surface area contributed by atoms with E-state index in [9.17, 15) is 14.0 Å². The van der Waals surface area contributed by atoms with Gasteiger partial charge in [-0.15, -0.1) is 10.2 Å². The van der Waals surface area contributed by atoms with Crippen molar-refractivity contribution in [3.05, 3.63) is 102 Å². The van der Waals surface area contributed by atoms with Crippen LogP contribution in [0.25, 0.3) is 5.69 Å². The van der Waals surface area contributed by atoms with Crippen LogP contribution in [0.5, 0.6) is 0 Å². The number of nitrogens with one attached hydrogen (secondary N) is 1. The van der Waals surface area contributed by atoms with E-state index >= 15 is 0 Å². The van der Waals surface area contributed by atoms with Crippen molar-refractivity contribution >= 4 is 29.1 Å². The van der Waals surface area contributed by atoms with E-state index in [4.69, 9.17) is 0 Å². The molecule has 4 rings (SSSR count). The topological polar surface area (TPSA) is 76.9 Å². The molecule has 8 heteroatoms. The molecule has 1 unspecified atom stereocenters.